The Kier molecular flexibility index (Phi) is 8.16. The van der Waals surface area contributed by atoms with Crippen LogP contribution in [0.3, 0.4) is 0 Å². The number of rotatable bonds is 10. The summed E-state index contributed by atoms with van der Waals surface area (Å²) in [4.78, 5) is 0. The molecule has 1 N–H and O–H groups in total. The molecule has 0 amide bonds. The van der Waals surface area contributed by atoms with Crippen LogP contribution in [-0.4, -0.2) is 50.3 Å². The van der Waals surface area contributed by atoms with Gasteiger partial charge in [0.15, 0.2) is 17.5 Å². The molecule has 1 aromatic heterocycles. The topological polar surface area (TPSA) is 82.8 Å². The van der Waals surface area contributed by atoms with Gasteiger partial charge in [0.05, 0.1) is 13.7 Å². The number of anilines is 1. The third kappa shape index (κ3) is 5.58. The third-order valence-corrected chi connectivity index (χ3v) is 7.59. The summed E-state index contributed by atoms with van der Waals surface area (Å²) in [5.41, 5.74) is 3.47. The second kappa shape index (κ2) is 11.5. The van der Waals surface area contributed by atoms with Gasteiger partial charge in [-0.3, -0.25) is 0 Å². The van der Waals surface area contributed by atoms with Gasteiger partial charge in [-0.15, -0.1) is 4.21 Å². The summed E-state index contributed by atoms with van der Waals surface area (Å²) >= 11 is 0. The molecule has 8 heteroatoms. The fourth-order valence-corrected chi connectivity index (χ4v) is 5.83. The molecule has 0 radical (unpaired) electrons. The molecule has 2 aromatic rings. The van der Waals surface area contributed by atoms with Crippen molar-refractivity contribution in [3.8, 4) is 0 Å². The SMILES string of the molecule is COCC1=CC(c2ccccc2)=CC(c2cc(NC[SH+](=O)C3C(OC)=CC=CC3OC)no2)C1. The molecule has 180 valence electrons. The van der Waals surface area contributed by atoms with Crippen molar-refractivity contribution in [1.29, 1.82) is 0 Å². The average Bonchev–Trinajstić information content (AvgIpc) is 3.36. The van der Waals surface area contributed by atoms with E-state index < -0.39 is 10.8 Å². The number of aromatic nitrogens is 1. The van der Waals surface area contributed by atoms with Gasteiger partial charge in [0.2, 0.25) is 5.25 Å². The zero-order chi connectivity index (χ0) is 23.9. The van der Waals surface area contributed by atoms with E-state index >= 15 is 0 Å². The van der Waals surface area contributed by atoms with Crippen molar-refractivity contribution in [3.63, 3.8) is 0 Å². The molecule has 0 bridgehead atoms. The lowest BCUT2D eigenvalue weighted by atomic mass is 9.86. The van der Waals surface area contributed by atoms with E-state index in [0.29, 0.717) is 18.2 Å². The normalized spacial score (nSPS) is 23.0. The summed E-state index contributed by atoms with van der Waals surface area (Å²) in [5, 5.41) is 6.97. The zero-order valence-electron chi connectivity index (χ0n) is 19.6. The predicted octanol–water partition coefficient (Wildman–Crippen LogP) is 4.37. The lowest BCUT2D eigenvalue weighted by molar-refractivity contribution is 0.125. The Morgan fingerprint density at radius 2 is 2.03 bits per heavy atom. The average molecular weight is 484 g/mol. The molecule has 7 nitrogen and oxygen atoms in total. The highest BCUT2D eigenvalue weighted by Crippen LogP contribution is 2.36. The maximum atomic E-state index is 13.1. The van der Waals surface area contributed by atoms with Crippen molar-refractivity contribution < 1.29 is 22.9 Å². The first-order valence-electron chi connectivity index (χ1n) is 11.2. The lowest BCUT2D eigenvalue weighted by Crippen LogP contribution is -2.36. The number of hydrogen-bond donors (Lipinski definition) is 1. The van der Waals surface area contributed by atoms with Crippen molar-refractivity contribution in [3.05, 3.63) is 89.4 Å². The molecular formula is C26H31N2O5S+. The smallest absolute Gasteiger partial charge is 0.207 e. The predicted molar refractivity (Wildman–Crippen MR) is 135 cm³/mol. The van der Waals surface area contributed by atoms with Gasteiger partial charge in [0.1, 0.15) is 22.7 Å². The van der Waals surface area contributed by atoms with Crippen molar-refractivity contribution in [2.24, 2.45) is 0 Å². The monoisotopic (exact) mass is 483 g/mol. The summed E-state index contributed by atoms with van der Waals surface area (Å²) in [7, 11) is 3.17. The van der Waals surface area contributed by atoms with E-state index in [9.17, 15) is 4.21 Å². The van der Waals surface area contributed by atoms with Gasteiger partial charge in [-0.05, 0) is 29.2 Å². The molecular weight excluding hydrogens is 452 g/mol. The first kappa shape index (κ1) is 24.2. The van der Waals surface area contributed by atoms with Crippen LogP contribution in [0.5, 0.6) is 0 Å². The minimum atomic E-state index is -1.72. The Hall–Kier alpha value is -2.94. The molecule has 0 saturated heterocycles. The summed E-state index contributed by atoms with van der Waals surface area (Å²) in [6, 6.07) is 12.1. The van der Waals surface area contributed by atoms with E-state index in [2.05, 4.69) is 34.8 Å². The molecule has 4 atom stereocenters. The molecule has 0 fully saturated rings. The molecule has 0 saturated carbocycles. The van der Waals surface area contributed by atoms with Crippen LogP contribution in [0.25, 0.3) is 5.57 Å². The Morgan fingerprint density at radius 3 is 2.76 bits per heavy atom. The number of hydrogen-bond acceptors (Lipinski definition) is 7. The summed E-state index contributed by atoms with van der Waals surface area (Å²) < 4.78 is 35.1. The van der Waals surface area contributed by atoms with Gasteiger partial charge >= 0.3 is 0 Å². The second-order valence-electron chi connectivity index (χ2n) is 8.20. The molecule has 2 aliphatic rings. The number of ether oxygens (including phenoxy) is 3. The van der Waals surface area contributed by atoms with Crippen LogP contribution in [0, 0.1) is 0 Å². The number of nitrogens with zero attached hydrogens (tertiary/aromatic N) is 1. The van der Waals surface area contributed by atoms with Crippen LogP contribution >= 0.6 is 0 Å². The van der Waals surface area contributed by atoms with Crippen molar-refractivity contribution in [2.45, 2.75) is 23.7 Å². The Morgan fingerprint density at radius 1 is 1.21 bits per heavy atom. The van der Waals surface area contributed by atoms with E-state index in [1.807, 2.05) is 42.5 Å². The first-order chi connectivity index (χ1) is 16.6. The molecule has 1 heterocycles. The number of benzene rings is 1. The highest BCUT2D eigenvalue weighted by atomic mass is 32.2. The molecule has 4 unspecified atom stereocenters. The molecule has 0 aliphatic heterocycles. The zero-order valence-corrected chi connectivity index (χ0v) is 20.5. The Labute approximate surface area is 202 Å². The van der Waals surface area contributed by atoms with Crippen LogP contribution in [0.1, 0.15) is 23.7 Å². The van der Waals surface area contributed by atoms with E-state index in [4.69, 9.17) is 18.7 Å². The maximum Gasteiger partial charge on any atom is 0.207 e. The second-order valence-corrected chi connectivity index (χ2v) is 9.91. The molecule has 4 rings (SSSR count). The largest absolute Gasteiger partial charge is 0.496 e. The molecule has 2 aliphatic carbocycles. The van der Waals surface area contributed by atoms with Gasteiger partial charge in [-0.25, -0.2) is 0 Å². The van der Waals surface area contributed by atoms with Crippen molar-refractivity contribution in [2.75, 3.05) is 39.1 Å². The van der Waals surface area contributed by atoms with Crippen molar-refractivity contribution >= 4 is 22.2 Å². The van der Waals surface area contributed by atoms with Gasteiger partial charge in [0.25, 0.3) is 0 Å². The first-order valence-corrected chi connectivity index (χ1v) is 12.7. The Bertz CT molecular complexity index is 1120. The molecule has 34 heavy (non-hydrogen) atoms. The fraction of sp³-hybridized carbons (Fsp3) is 0.346. The van der Waals surface area contributed by atoms with Crippen molar-refractivity contribution in [1.82, 2.24) is 5.16 Å². The number of thiol groups is 1. The summed E-state index contributed by atoms with van der Waals surface area (Å²) in [5.74, 6) is 2.22. The Balaban J connectivity index is 1.46. The van der Waals surface area contributed by atoms with Gasteiger partial charge in [0, 0.05) is 26.2 Å². The van der Waals surface area contributed by atoms with E-state index in [-0.39, 0.29) is 23.1 Å². The highest BCUT2D eigenvalue weighted by molar-refractivity contribution is 7.85. The highest BCUT2D eigenvalue weighted by Gasteiger charge is 2.37. The van der Waals surface area contributed by atoms with Gasteiger partial charge < -0.3 is 24.1 Å². The quantitative estimate of drug-likeness (QED) is 0.397. The lowest BCUT2D eigenvalue weighted by Gasteiger charge is -2.22. The minimum absolute atomic E-state index is 0.0338. The molecule has 0 spiro atoms. The van der Waals surface area contributed by atoms with E-state index in [1.165, 1.54) is 5.57 Å². The minimum Gasteiger partial charge on any atom is -0.496 e. The number of nitrogens with one attached hydrogen (secondary N) is 1. The van der Waals surface area contributed by atoms with Crippen LogP contribution in [-0.2, 0) is 29.2 Å². The van der Waals surface area contributed by atoms with E-state index in [1.54, 1.807) is 21.3 Å². The number of methoxy groups -OCH3 is 3. The fourth-order valence-electron chi connectivity index (χ4n) is 4.30. The third-order valence-electron chi connectivity index (χ3n) is 5.95. The maximum absolute atomic E-state index is 13.1. The summed E-state index contributed by atoms with van der Waals surface area (Å²) in [6.45, 7) is 0.562. The van der Waals surface area contributed by atoms with Gasteiger partial charge in [-0.2, -0.15) is 0 Å². The van der Waals surface area contributed by atoms with Crippen LogP contribution in [0.2, 0.25) is 0 Å². The standard InChI is InChI=1S/C26H30N2O5S/c1-30-16-18-12-20(19-8-5-4-6-9-19)14-21(13-18)24-15-25(28-33-24)27-17-34(29)26-22(31-2)10-7-11-23(26)32-3/h4-12,14-15,21-22,26H,13,16-17H2,1-3H3,(H,27,28)/p+1. The molecule has 1 aromatic carbocycles. The number of allylic oxidation sites excluding steroid dienone is 5. The van der Waals surface area contributed by atoms with Gasteiger partial charge in [-0.1, -0.05) is 59.8 Å². The summed E-state index contributed by atoms with van der Waals surface area (Å²) in [6.07, 6.45) is 10.4. The van der Waals surface area contributed by atoms with Crippen LogP contribution < -0.4 is 5.32 Å². The van der Waals surface area contributed by atoms with E-state index in [0.717, 1.165) is 23.3 Å². The van der Waals surface area contributed by atoms with Crippen LogP contribution in [0.15, 0.2) is 82.6 Å². The van der Waals surface area contributed by atoms with Crippen LogP contribution in [0.4, 0.5) is 5.82 Å².